The van der Waals surface area contributed by atoms with Crippen molar-refractivity contribution in [1.82, 2.24) is 0 Å². The Bertz CT molecular complexity index is 1350. The predicted molar refractivity (Wildman–Crippen MR) is 353 cm³/mol. The van der Waals surface area contributed by atoms with Crippen LogP contribution in [0.3, 0.4) is 0 Å². The minimum absolute atomic E-state index is 0.0648. The lowest BCUT2D eigenvalue weighted by molar-refractivity contribution is -0.167. The molecule has 0 spiro atoms. The number of esters is 3. The van der Waals surface area contributed by atoms with E-state index in [-0.39, 0.29) is 31.1 Å². The van der Waals surface area contributed by atoms with Gasteiger partial charge in [0.2, 0.25) is 0 Å². The molecule has 0 aliphatic rings. The number of hydrogen-bond acceptors (Lipinski definition) is 6. The average molecular weight is 1140 g/mol. The van der Waals surface area contributed by atoms with Crippen LogP contribution >= 0.6 is 0 Å². The summed E-state index contributed by atoms with van der Waals surface area (Å²) in [7, 11) is 0. The lowest BCUT2D eigenvalue weighted by Gasteiger charge is -2.18. The number of hydrogen-bond donors (Lipinski definition) is 0. The quantitative estimate of drug-likeness (QED) is 0.0261. The van der Waals surface area contributed by atoms with Crippen molar-refractivity contribution < 1.29 is 28.6 Å². The number of allylic oxidation sites excluding steroid dienone is 6. The number of unbranched alkanes of at least 4 members (excludes halogenated alkanes) is 51. The van der Waals surface area contributed by atoms with Crippen LogP contribution < -0.4 is 0 Å². The predicted octanol–water partition coefficient (Wildman–Crippen LogP) is 25.1. The van der Waals surface area contributed by atoms with E-state index in [4.69, 9.17) is 14.2 Å². The van der Waals surface area contributed by atoms with E-state index in [1.54, 1.807) is 0 Å². The standard InChI is InChI=1S/C75H140O6/c1-4-7-10-13-16-19-22-25-28-31-32-33-34-35-36-37-38-39-40-41-42-45-47-50-53-56-59-62-65-68-74(77)80-71-72(81-75(78)69-66-63-60-57-54-51-48-44-30-27-24-21-18-15-12-9-6-3)70-79-73(76)67-64-61-58-55-52-49-46-43-29-26-23-20-17-14-11-8-5-2/h22,25,31-32,34-35,72H,4-21,23-24,26-30,33,36-71H2,1-3H3/b25-22-,32-31-,35-34-. The van der Waals surface area contributed by atoms with E-state index >= 15 is 0 Å². The van der Waals surface area contributed by atoms with Crippen LogP contribution in [0.15, 0.2) is 36.5 Å². The van der Waals surface area contributed by atoms with Crippen molar-refractivity contribution in [3.63, 3.8) is 0 Å². The lowest BCUT2D eigenvalue weighted by atomic mass is 10.0. The first-order valence-electron chi connectivity index (χ1n) is 36.5. The fourth-order valence-electron chi connectivity index (χ4n) is 11.2. The Hall–Kier alpha value is -2.37. The first kappa shape index (κ1) is 78.6. The molecule has 0 aromatic carbocycles. The lowest BCUT2D eigenvalue weighted by Crippen LogP contribution is -2.30. The monoisotopic (exact) mass is 1140 g/mol. The van der Waals surface area contributed by atoms with Crippen molar-refractivity contribution in [2.75, 3.05) is 13.2 Å². The van der Waals surface area contributed by atoms with Crippen LogP contribution in [-0.2, 0) is 28.6 Å². The molecule has 0 bridgehead atoms. The maximum Gasteiger partial charge on any atom is 0.306 e. The third kappa shape index (κ3) is 68.3. The molecule has 0 N–H and O–H groups in total. The SMILES string of the molecule is CCCCCCC/C=C\C/C=C\C/C=C\CCCCCCCCCCCCCCCCC(=O)OCC(COC(=O)CCCCCCCCCCCCCCCCCCC)OC(=O)CCCCCCCCCCCCCCCCCCC. The Morgan fingerprint density at radius 2 is 0.444 bits per heavy atom. The summed E-state index contributed by atoms with van der Waals surface area (Å²) in [6, 6.07) is 0. The second-order valence-corrected chi connectivity index (χ2v) is 24.9. The first-order chi connectivity index (χ1) is 40.0. The smallest absolute Gasteiger partial charge is 0.306 e. The second kappa shape index (κ2) is 70.1. The molecule has 0 amide bonds. The topological polar surface area (TPSA) is 78.9 Å². The van der Waals surface area contributed by atoms with Gasteiger partial charge in [-0.3, -0.25) is 14.4 Å². The summed E-state index contributed by atoms with van der Waals surface area (Å²) in [5, 5.41) is 0. The van der Waals surface area contributed by atoms with Gasteiger partial charge in [-0.05, 0) is 57.8 Å². The van der Waals surface area contributed by atoms with Crippen molar-refractivity contribution in [2.45, 2.75) is 412 Å². The summed E-state index contributed by atoms with van der Waals surface area (Å²) in [5.41, 5.74) is 0. The Kier molecular flexibility index (Phi) is 68.1. The van der Waals surface area contributed by atoms with Crippen molar-refractivity contribution in [2.24, 2.45) is 0 Å². The van der Waals surface area contributed by atoms with E-state index in [0.717, 1.165) is 70.6 Å². The molecule has 81 heavy (non-hydrogen) atoms. The largest absolute Gasteiger partial charge is 0.462 e. The summed E-state index contributed by atoms with van der Waals surface area (Å²) >= 11 is 0. The fourth-order valence-corrected chi connectivity index (χ4v) is 11.2. The number of ether oxygens (including phenoxy) is 3. The maximum absolute atomic E-state index is 13.0. The molecule has 0 radical (unpaired) electrons. The highest BCUT2D eigenvalue weighted by Crippen LogP contribution is 2.19. The maximum atomic E-state index is 13.0. The van der Waals surface area contributed by atoms with Gasteiger partial charge in [-0.15, -0.1) is 0 Å². The van der Waals surface area contributed by atoms with Crippen molar-refractivity contribution >= 4 is 17.9 Å². The van der Waals surface area contributed by atoms with E-state index in [1.807, 2.05) is 0 Å². The molecule has 1 atom stereocenters. The molecule has 0 rings (SSSR count). The van der Waals surface area contributed by atoms with E-state index in [0.29, 0.717) is 19.3 Å². The van der Waals surface area contributed by atoms with Gasteiger partial charge in [0.1, 0.15) is 13.2 Å². The summed E-state index contributed by atoms with van der Waals surface area (Å²) in [6.45, 7) is 6.71. The van der Waals surface area contributed by atoms with Crippen LogP contribution in [0.2, 0.25) is 0 Å². The zero-order valence-corrected chi connectivity index (χ0v) is 54.8. The number of carbonyl (C=O) groups is 3. The van der Waals surface area contributed by atoms with E-state index in [9.17, 15) is 14.4 Å². The van der Waals surface area contributed by atoms with Crippen LogP contribution in [-0.4, -0.2) is 37.2 Å². The zero-order valence-electron chi connectivity index (χ0n) is 54.8. The highest BCUT2D eigenvalue weighted by Gasteiger charge is 2.19. The highest BCUT2D eigenvalue weighted by molar-refractivity contribution is 5.71. The molecule has 476 valence electrons. The number of carbonyl (C=O) groups excluding carboxylic acids is 3. The van der Waals surface area contributed by atoms with Gasteiger partial charge in [0.25, 0.3) is 0 Å². The Morgan fingerprint density at radius 3 is 0.691 bits per heavy atom. The molecule has 0 saturated carbocycles. The molecule has 6 heteroatoms. The molecule has 6 nitrogen and oxygen atoms in total. The van der Waals surface area contributed by atoms with Crippen LogP contribution in [0.5, 0.6) is 0 Å². The fraction of sp³-hybridized carbons (Fsp3) is 0.880. The third-order valence-electron chi connectivity index (χ3n) is 16.6. The number of rotatable bonds is 68. The normalized spacial score (nSPS) is 12.2. The molecule has 0 fully saturated rings. The Labute approximate surface area is 506 Å². The molecule has 0 aromatic heterocycles. The van der Waals surface area contributed by atoms with Gasteiger partial charge in [-0.1, -0.05) is 365 Å². The molecular formula is C75H140O6. The van der Waals surface area contributed by atoms with Gasteiger partial charge in [0.05, 0.1) is 0 Å². The van der Waals surface area contributed by atoms with E-state index in [1.165, 1.54) is 295 Å². The molecular weight excluding hydrogens is 997 g/mol. The van der Waals surface area contributed by atoms with Gasteiger partial charge in [0.15, 0.2) is 6.10 Å². The minimum atomic E-state index is -0.769. The Morgan fingerprint density at radius 1 is 0.247 bits per heavy atom. The van der Waals surface area contributed by atoms with E-state index in [2.05, 4.69) is 57.2 Å². The van der Waals surface area contributed by atoms with Gasteiger partial charge in [-0.2, -0.15) is 0 Å². The van der Waals surface area contributed by atoms with E-state index < -0.39 is 6.10 Å². The molecule has 0 heterocycles. The van der Waals surface area contributed by atoms with Crippen LogP contribution in [0.25, 0.3) is 0 Å². The molecule has 0 saturated heterocycles. The van der Waals surface area contributed by atoms with Gasteiger partial charge >= 0.3 is 17.9 Å². The van der Waals surface area contributed by atoms with Crippen molar-refractivity contribution in [3.8, 4) is 0 Å². The van der Waals surface area contributed by atoms with Crippen molar-refractivity contribution in [1.29, 1.82) is 0 Å². The van der Waals surface area contributed by atoms with Gasteiger partial charge in [0, 0.05) is 19.3 Å². The van der Waals surface area contributed by atoms with Crippen LogP contribution in [0.4, 0.5) is 0 Å². The second-order valence-electron chi connectivity index (χ2n) is 24.9. The molecule has 0 aliphatic heterocycles. The van der Waals surface area contributed by atoms with Crippen LogP contribution in [0.1, 0.15) is 406 Å². The summed E-state index contributed by atoms with van der Waals surface area (Å²) < 4.78 is 17.0. The summed E-state index contributed by atoms with van der Waals surface area (Å²) in [4.78, 5) is 38.5. The Balaban J connectivity index is 4.23. The zero-order chi connectivity index (χ0) is 58.5. The first-order valence-corrected chi connectivity index (χ1v) is 36.5. The van der Waals surface area contributed by atoms with Gasteiger partial charge in [-0.25, -0.2) is 0 Å². The third-order valence-corrected chi connectivity index (χ3v) is 16.6. The summed E-state index contributed by atoms with van der Waals surface area (Å²) in [5.74, 6) is -0.831. The minimum Gasteiger partial charge on any atom is -0.462 e. The van der Waals surface area contributed by atoms with Gasteiger partial charge < -0.3 is 14.2 Å². The average Bonchev–Trinajstić information content (AvgIpc) is 3.47. The molecule has 0 aliphatic carbocycles. The van der Waals surface area contributed by atoms with Crippen LogP contribution in [0, 0.1) is 0 Å². The molecule has 1 unspecified atom stereocenters. The summed E-state index contributed by atoms with van der Waals surface area (Å²) in [6.07, 6.45) is 87.4. The molecule has 0 aromatic rings. The van der Waals surface area contributed by atoms with Crippen molar-refractivity contribution in [3.05, 3.63) is 36.5 Å². The highest BCUT2D eigenvalue weighted by atomic mass is 16.6.